The van der Waals surface area contributed by atoms with Crippen molar-refractivity contribution < 1.29 is 36.6 Å². The van der Waals surface area contributed by atoms with E-state index in [0.717, 1.165) is 5.56 Å². The molecule has 0 aliphatic carbocycles. The fraction of sp³-hybridized carbons (Fsp3) is 0.308. The molecule has 4 aromatic rings. The number of aryl methyl sites for hydroxylation is 1. The predicted octanol–water partition coefficient (Wildman–Crippen LogP) is 4.53. The van der Waals surface area contributed by atoms with Crippen LogP contribution < -0.4 is 4.90 Å². The minimum atomic E-state index is -5.18. The molecule has 3 heterocycles. The molecule has 1 fully saturated rings. The van der Waals surface area contributed by atoms with E-state index in [1.165, 1.54) is 25.0 Å². The van der Waals surface area contributed by atoms with E-state index in [2.05, 4.69) is 15.1 Å². The van der Waals surface area contributed by atoms with Crippen LogP contribution in [0.5, 0.6) is 5.75 Å². The number of halogens is 5. The number of anilines is 1. The summed E-state index contributed by atoms with van der Waals surface area (Å²) >= 11 is 0. The van der Waals surface area contributed by atoms with Crippen LogP contribution >= 0.6 is 0 Å². The summed E-state index contributed by atoms with van der Waals surface area (Å²) in [6, 6.07) is 9.58. The molecule has 0 bridgehead atoms. The molecule has 2 aromatic carbocycles. The zero-order valence-corrected chi connectivity index (χ0v) is 21.3. The molecule has 1 N–H and O–H groups in total. The number of carbonyl (C=O) groups is 1. The number of amides is 1. The Hall–Kier alpha value is -4.49. The number of hydrogen-bond donors (Lipinski definition) is 1. The predicted molar refractivity (Wildman–Crippen MR) is 134 cm³/mol. The molecule has 1 aliphatic heterocycles. The number of aromatic hydroxyl groups is 1. The standard InChI is InChI=1S/C26H23F5N6O3/c1-35-23-17(21(34-35)16-11-18(26(29,30)31)20(28)22(38)19(16)27)12-32-24(33-23)36-8-9-37(25(39)40-2)15(13-36)10-14-6-4-3-5-7-14/h3-7,11-12,15,38H,8-10,13H2,1-2H3/t15-/m0/s1. The molecule has 0 unspecified atom stereocenters. The SMILES string of the molecule is COC(=O)N1CCN(c2ncc3c(-c4cc(C(F)(F)F)c(F)c(O)c4F)nn(C)c3n2)C[C@@H]1Cc1ccccc1. The molecule has 0 spiro atoms. The van der Waals surface area contributed by atoms with E-state index in [9.17, 15) is 31.9 Å². The van der Waals surface area contributed by atoms with E-state index in [4.69, 9.17) is 4.74 Å². The van der Waals surface area contributed by atoms with Crippen molar-refractivity contribution in [3.63, 3.8) is 0 Å². The van der Waals surface area contributed by atoms with Gasteiger partial charge in [-0.2, -0.15) is 23.3 Å². The first-order chi connectivity index (χ1) is 19.0. The molecule has 9 nitrogen and oxygen atoms in total. The van der Waals surface area contributed by atoms with Crippen molar-refractivity contribution >= 4 is 23.1 Å². The third-order valence-corrected chi connectivity index (χ3v) is 6.79. The third kappa shape index (κ3) is 4.84. The maximum Gasteiger partial charge on any atom is 0.419 e. The fourth-order valence-electron chi connectivity index (χ4n) is 4.84. The molecule has 1 atom stereocenters. The maximum atomic E-state index is 14.8. The van der Waals surface area contributed by atoms with Crippen LogP contribution in [0.25, 0.3) is 22.3 Å². The van der Waals surface area contributed by atoms with E-state index in [0.29, 0.717) is 26.1 Å². The van der Waals surface area contributed by atoms with Gasteiger partial charge < -0.3 is 19.6 Å². The number of aromatic nitrogens is 4. The van der Waals surface area contributed by atoms with Gasteiger partial charge in [-0.15, -0.1) is 0 Å². The molecule has 1 amide bonds. The van der Waals surface area contributed by atoms with Crippen LogP contribution in [0.1, 0.15) is 11.1 Å². The Morgan fingerprint density at radius 3 is 2.55 bits per heavy atom. The average Bonchev–Trinajstić information content (AvgIpc) is 3.26. The number of nitrogens with zero attached hydrogens (tertiary/aromatic N) is 6. The van der Waals surface area contributed by atoms with E-state index < -0.39 is 40.8 Å². The van der Waals surface area contributed by atoms with Gasteiger partial charge in [0.15, 0.2) is 23.0 Å². The number of piperazine rings is 1. The quantitative estimate of drug-likeness (QED) is 0.365. The van der Waals surface area contributed by atoms with Gasteiger partial charge in [0.1, 0.15) is 5.69 Å². The van der Waals surface area contributed by atoms with Gasteiger partial charge in [-0.25, -0.2) is 23.2 Å². The number of phenolic OH excluding ortho intramolecular Hbond substituents is 1. The molecule has 2 aromatic heterocycles. The van der Waals surface area contributed by atoms with E-state index in [-0.39, 0.29) is 34.8 Å². The Kier molecular flexibility index (Phi) is 6.94. The molecule has 1 saturated heterocycles. The molecule has 5 rings (SSSR count). The topological polar surface area (TPSA) is 96.6 Å². The second kappa shape index (κ2) is 10.2. The summed E-state index contributed by atoms with van der Waals surface area (Å²) in [5.74, 6) is -5.18. The zero-order valence-electron chi connectivity index (χ0n) is 21.3. The van der Waals surface area contributed by atoms with Gasteiger partial charge in [0, 0.05) is 38.4 Å². The van der Waals surface area contributed by atoms with Crippen molar-refractivity contribution in [1.29, 1.82) is 0 Å². The molecule has 0 radical (unpaired) electrons. The van der Waals surface area contributed by atoms with Gasteiger partial charge in [-0.05, 0) is 18.1 Å². The van der Waals surface area contributed by atoms with Gasteiger partial charge in [0.25, 0.3) is 0 Å². The number of fused-ring (bicyclic) bond motifs is 1. The summed E-state index contributed by atoms with van der Waals surface area (Å²) < 4.78 is 75.0. The normalized spacial score (nSPS) is 16.0. The van der Waals surface area contributed by atoms with Crippen LogP contribution in [0.15, 0.2) is 42.6 Å². The van der Waals surface area contributed by atoms with Gasteiger partial charge in [0.05, 0.1) is 24.1 Å². The van der Waals surface area contributed by atoms with Gasteiger partial charge in [0.2, 0.25) is 5.95 Å². The van der Waals surface area contributed by atoms with Crippen LogP contribution in [-0.4, -0.2) is 68.6 Å². The van der Waals surface area contributed by atoms with E-state index in [1.807, 2.05) is 35.2 Å². The molecular formula is C26H23F5N6O3. The molecule has 1 aliphatic rings. The Morgan fingerprint density at radius 1 is 1.15 bits per heavy atom. The van der Waals surface area contributed by atoms with Gasteiger partial charge in [-0.1, -0.05) is 30.3 Å². The van der Waals surface area contributed by atoms with E-state index >= 15 is 0 Å². The van der Waals surface area contributed by atoms with Crippen LogP contribution in [0.4, 0.5) is 32.7 Å². The second-order valence-electron chi connectivity index (χ2n) is 9.28. The smallest absolute Gasteiger partial charge is 0.419 e. The molecule has 210 valence electrons. The molecule has 14 heteroatoms. The Bertz CT molecular complexity index is 1580. The number of hydrogen-bond acceptors (Lipinski definition) is 7. The minimum Gasteiger partial charge on any atom is -0.503 e. The lowest BCUT2D eigenvalue weighted by atomic mass is 10.0. The van der Waals surface area contributed by atoms with E-state index in [1.54, 1.807) is 4.90 Å². The summed E-state index contributed by atoms with van der Waals surface area (Å²) in [7, 11) is 2.77. The minimum absolute atomic E-state index is 0.0957. The maximum absolute atomic E-state index is 14.8. The summed E-state index contributed by atoms with van der Waals surface area (Å²) in [6.07, 6.45) is -3.82. The highest BCUT2D eigenvalue weighted by atomic mass is 19.4. The number of phenols is 1. The molecular weight excluding hydrogens is 539 g/mol. The van der Waals surface area contributed by atoms with Gasteiger partial charge >= 0.3 is 12.3 Å². The number of benzene rings is 2. The van der Waals surface area contributed by atoms with Crippen molar-refractivity contribution in [2.45, 2.75) is 18.6 Å². The zero-order chi connectivity index (χ0) is 28.8. The second-order valence-corrected chi connectivity index (χ2v) is 9.28. The average molecular weight is 562 g/mol. The number of methoxy groups -OCH3 is 1. The Labute approximate surface area is 224 Å². The molecule has 40 heavy (non-hydrogen) atoms. The van der Waals surface area contributed by atoms with Crippen LogP contribution in [0.3, 0.4) is 0 Å². The first-order valence-electron chi connectivity index (χ1n) is 12.1. The third-order valence-electron chi connectivity index (χ3n) is 6.79. The summed E-state index contributed by atoms with van der Waals surface area (Å²) in [4.78, 5) is 24.8. The van der Waals surface area contributed by atoms with Crippen LogP contribution in [-0.2, 0) is 24.4 Å². The van der Waals surface area contributed by atoms with Crippen molar-refractivity contribution in [1.82, 2.24) is 24.6 Å². The number of alkyl halides is 3. The van der Waals surface area contributed by atoms with Gasteiger partial charge in [-0.3, -0.25) is 0 Å². The van der Waals surface area contributed by atoms with Crippen molar-refractivity contribution in [2.75, 3.05) is 31.6 Å². The summed E-state index contributed by atoms with van der Waals surface area (Å²) in [5, 5.41) is 13.9. The van der Waals surface area contributed by atoms with Crippen molar-refractivity contribution in [2.24, 2.45) is 7.05 Å². The highest BCUT2D eigenvalue weighted by molar-refractivity contribution is 5.91. The Balaban J connectivity index is 1.50. The Morgan fingerprint density at radius 2 is 1.88 bits per heavy atom. The lowest BCUT2D eigenvalue weighted by Gasteiger charge is -2.40. The first-order valence-corrected chi connectivity index (χ1v) is 12.1. The van der Waals surface area contributed by atoms with Crippen molar-refractivity contribution in [3.8, 4) is 17.0 Å². The number of rotatable bonds is 4. The van der Waals surface area contributed by atoms with Crippen molar-refractivity contribution in [3.05, 3.63) is 65.4 Å². The highest BCUT2D eigenvalue weighted by Gasteiger charge is 2.38. The fourth-order valence-corrected chi connectivity index (χ4v) is 4.84. The highest BCUT2D eigenvalue weighted by Crippen LogP contribution is 2.41. The monoisotopic (exact) mass is 562 g/mol. The lowest BCUT2D eigenvalue weighted by molar-refractivity contribution is -0.140. The number of ether oxygens (including phenoxy) is 1. The first kappa shape index (κ1) is 27.1. The number of carbonyl (C=O) groups excluding carboxylic acids is 1. The molecule has 0 saturated carbocycles. The largest absolute Gasteiger partial charge is 0.503 e. The summed E-state index contributed by atoms with van der Waals surface area (Å²) in [5.41, 5.74) is -1.68. The van der Waals surface area contributed by atoms with Crippen LogP contribution in [0.2, 0.25) is 0 Å². The van der Waals surface area contributed by atoms with Crippen LogP contribution in [0, 0.1) is 11.6 Å². The summed E-state index contributed by atoms with van der Waals surface area (Å²) in [6.45, 7) is 1.05. The lowest BCUT2D eigenvalue weighted by Crippen LogP contribution is -2.56.